The van der Waals surface area contributed by atoms with Gasteiger partial charge in [-0.15, -0.1) is 0 Å². The fourth-order valence-corrected chi connectivity index (χ4v) is 2.80. The van der Waals surface area contributed by atoms with Crippen molar-refractivity contribution in [3.63, 3.8) is 0 Å². The lowest BCUT2D eigenvalue weighted by molar-refractivity contribution is 0.0903. The van der Waals surface area contributed by atoms with Crippen LogP contribution in [0, 0.1) is 0 Å². The number of hydrogen-bond donors (Lipinski definition) is 1. The molecule has 23 heavy (non-hydrogen) atoms. The summed E-state index contributed by atoms with van der Waals surface area (Å²) in [7, 11) is 0. The average molecular weight is 316 g/mol. The molecule has 7 heteroatoms. The van der Waals surface area contributed by atoms with Crippen molar-refractivity contribution in [2.45, 2.75) is 32.4 Å². The minimum Gasteiger partial charge on any atom is -0.459 e. The number of carbonyl (C=O) groups is 1. The Bertz CT molecular complexity index is 715. The predicted octanol–water partition coefficient (Wildman–Crippen LogP) is 1.25. The van der Waals surface area contributed by atoms with Crippen molar-refractivity contribution in [2.75, 3.05) is 18.0 Å². The highest BCUT2D eigenvalue weighted by Gasteiger charge is 2.24. The van der Waals surface area contributed by atoms with E-state index in [1.807, 2.05) is 11.8 Å². The standard InChI is InChI=1S/C16H20N4O3/c1-2-19-10-7-17-14(16(19)22)20-8-5-12(6-9-20)18-15(21)13-4-3-11-23-13/h3-4,7,10-12H,2,5-6,8-9H2,1H3,(H,18,21). The highest BCUT2D eigenvalue weighted by Crippen LogP contribution is 2.15. The van der Waals surface area contributed by atoms with Crippen molar-refractivity contribution >= 4 is 11.7 Å². The molecule has 0 aromatic carbocycles. The molecule has 2 aromatic heterocycles. The molecule has 7 nitrogen and oxygen atoms in total. The van der Waals surface area contributed by atoms with Crippen LogP contribution < -0.4 is 15.8 Å². The van der Waals surface area contributed by atoms with E-state index in [2.05, 4.69) is 10.3 Å². The van der Waals surface area contributed by atoms with Crippen molar-refractivity contribution < 1.29 is 9.21 Å². The van der Waals surface area contributed by atoms with Crippen LogP contribution in [0.25, 0.3) is 0 Å². The lowest BCUT2D eigenvalue weighted by Crippen LogP contribution is -2.46. The summed E-state index contributed by atoms with van der Waals surface area (Å²) in [6.07, 6.45) is 6.38. The Kier molecular flexibility index (Phi) is 4.45. The number of rotatable bonds is 4. The van der Waals surface area contributed by atoms with E-state index < -0.39 is 0 Å². The molecule has 2 aromatic rings. The summed E-state index contributed by atoms with van der Waals surface area (Å²) >= 11 is 0. The summed E-state index contributed by atoms with van der Waals surface area (Å²) < 4.78 is 6.74. The van der Waals surface area contributed by atoms with Crippen LogP contribution >= 0.6 is 0 Å². The maximum Gasteiger partial charge on any atom is 0.293 e. The Hall–Kier alpha value is -2.57. The van der Waals surface area contributed by atoms with Crippen LogP contribution in [0.5, 0.6) is 0 Å². The van der Waals surface area contributed by atoms with Crippen LogP contribution in [0.15, 0.2) is 40.0 Å². The van der Waals surface area contributed by atoms with Gasteiger partial charge in [-0.2, -0.15) is 0 Å². The van der Waals surface area contributed by atoms with Crippen LogP contribution in [-0.4, -0.2) is 34.6 Å². The molecule has 1 N–H and O–H groups in total. The second-order valence-electron chi connectivity index (χ2n) is 5.55. The molecule has 0 unspecified atom stereocenters. The third-order valence-electron chi connectivity index (χ3n) is 4.11. The molecule has 1 aliphatic heterocycles. The van der Waals surface area contributed by atoms with E-state index in [1.54, 1.807) is 29.1 Å². The van der Waals surface area contributed by atoms with Gasteiger partial charge in [0.05, 0.1) is 6.26 Å². The first-order chi connectivity index (χ1) is 11.2. The molecule has 0 atom stereocenters. The van der Waals surface area contributed by atoms with Crippen LogP contribution in [0.1, 0.15) is 30.3 Å². The Morgan fingerprint density at radius 2 is 2.22 bits per heavy atom. The zero-order valence-corrected chi connectivity index (χ0v) is 13.1. The van der Waals surface area contributed by atoms with Crippen molar-refractivity contribution in [3.05, 3.63) is 46.9 Å². The number of furan rings is 1. The van der Waals surface area contributed by atoms with Gasteiger partial charge >= 0.3 is 0 Å². The molecule has 1 saturated heterocycles. The molecule has 0 saturated carbocycles. The van der Waals surface area contributed by atoms with Crippen molar-refractivity contribution in [1.82, 2.24) is 14.9 Å². The number of aryl methyl sites for hydroxylation is 1. The average Bonchev–Trinajstić information content (AvgIpc) is 3.11. The molecular formula is C16H20N4O3. The molecule has 0 bridgehead atoms. The topological polar surface area (TPSA) is 80.4 Å². The first-order valence-electron chi connectivity index (χ1n) is 7.83. The second kappa shape index (κ2) is 6.68. The number of amides is 1. The molecule has 1 aliphatic rings. The molecule has 1 fully saturated rings. The number of nitrogens with zero attached hydrogens (tertiary/aromatic N) is 3. The first kappa shape index (κ1) is 15.3. The van der Waals surface area contributed by atoms with Gasteiger partial charge in [-0.3, -0.25) is 9.59 Å². The molecule has 1 amide bonds. The third-order valence-corrected chi connectivity index (χ3v) is 4.11. The lowest BCUT2D eigenvalue weighted by atomic mass is 10.0. The summed E-state index contributed by atoms with van der Waals surface area (Å²) in [6, 6.07) is 3.42. The van der Waals surface area contributed by atoms with Crippen molar-refractivity contribution in [3.8, 4) is 0 Å². The molecule has 0 spiro atoms. The summed E-state index contributed by atoms with van der Waals surface area (Å²) in [6.45, 7) is 3.95. The van der Waals surface area contributed by atoms with Crippen molar-refractivity contribution in [1.29, 1.82) is 0 Å². The van der Waals surface area contributed by atoms with E-state index in [4.69, 9.17) is 4.42 Å². The lowest BCUT2D eigenvalue weighted by Gasteiger charge is -2.32. The van der Waals surface area contributed by atoms with Gasteiger partial charge in [0.2, 0.25) is 0 Å². The molecule has 3 heterocycles. The van der Waals surface area contributed by atoms with Crippen LogP contribution in [0.2, 0.25) is 0 Å². The summed E-state index contributed by atoms with van der Waals surface area (Å²) in [5, 5.41) is 2.97. The fraction of sp³-hybridized carbons (Fsp3) is 0.438. The Balaban J connectivity index is 1.61. The van der Waals surface area contributed by atoms with Crippen LogP contribution in [-0.2, 0) is 6.54 Å². The van der Waals surface area contributed by atoms with Gasteiger partial charge in [-0.05, 0) is 31.9 Å². The second-order valence-corrected chi connectivity index (χ2v) is 5.55. The number of hydrogen-bond acceptors (Lipinski definition) is 5. The van der Waals surface area contributed by atoms with Crippen molar-refractivity contribution in [2.24, 2.45) is 0 Å². The van der Waals surface area contributed by atoms with E-state index in [1.165, 1.54) is 6.26 Å². The van der Waals surface area contributed by atoms with Crippen LogP contribution in [0.4, 0.5) is 5.82 Å². The number of nitrogens with one attached hydrogen (secondary N) is 1. The zero-order valence-electron chi connectivity index (χ0n) is 13.1. The first-order valence-corrected chi connectivity index (χ1v) is 7.83. The van der Waals surface area contributed by atoms with Gasteiger partial charge in [-0.1, -0.05) is 0 Å². The maximum atomic E-state index is 12.3. The number of carbonyl (C=O) groups excluding carboxylic acids is 1. The van der Waals surface area contributed by atoms with Gasteiger partial charge in [0.25, 0.3) is 11.5 Å². The predicted molar refractivity (Wildman–Crippen MR) is 85.6 cm³/mol. The fourth-order valence-electron chi connectivity index (χ4n) is 2.80. The minimum atomic E-state index is -0.195. The zero-order chi connectivity index (χ0) is 16.2. The highest BCUT2D eigenvalue weighted by molar-refractivity contribution is 5.91. The minimum absolute atomic E-state index is 0.0620. The molecular weight excluding hydrogens is 296 g/mol. The monoisotopic (exact) mass is 316 g/mol. The van der Waals surface area contributed by atoms with Crippen LogP contribution in [0.3, 0.4) is 0 Å². The molecule has 0 aliphatic carbocycles. The maximum absolute atomic E-state index is 12.3. The third kappa shape index (κ3) is 3.28. The quantitative estimate of drug-likeness (QED) is 0.918. The Labute approximate surface area is 133 Å². The van der Waals surface area contributed by atoms with E-state index in [9.17, 15) is 9.59 Å². The van der Waals surface area contributed by atoms with Gasteiger partial charge in [0, 0.05) is 38.1 Å². The van der Waals surface area contributed by atoms with E-state index in [0.29, 0.717) is 31.2 Å². The Morgan fingerprint density at radius 3 is 2.87 bits per heavy atom. The highest BCUT2D eigenvalue weighted by atomic mass is 16.3. The van der Waals surface area contributed by atoms with Gasteiger partial charge < -0.3 is 19.2 Å². The SMILES string of the molecule is CCn1ccnc(N2CCC(NC(=O)c3ccco3)CC2)c1=O. The normalized spacial score (nSPS) is 15.6. The summed E-state index contributed by atoms with van der Waals surface area (Å²) in [4.78, 5) is 30.5. The largest absolute Gasteiger partial charge is 0.459 e. The van der Waals surface area contributed by atoms with E-state index >= 15 is 0 Å². The number of piperidine rings is 1. The molecule has 3 rings (SSSR count). The summed E-state index contributed by atoms with van der Waals surface area (Å²) in [5.41, 5.74) is -0.0620. The van der Waals surface area contributed by atoms with E-state index in [-0.39, 0.29) is 17.5 Å². The smallest absolute Gasteiger partial charge is 0.293 e. The molecule has 0 radical (unpaired) electrons. The van der Waals surface area contributed by atoms with Gasteiger partial charge in [0.1, 0.15) is 0 Å². The number of anilines is 1. The van der Waals surface area contributed by atoms with Gasteiger partial charge in [0.15, 0.2) is 11.6 Å². The van der Waals surface area contributed by atoms with E-state index in [0.717, 1.165) is 12.8 Å². The Morgan fingerprint density at radius 1 is 1.43 bits per heavy atom. The number of aromatic nitrogens is 2. The summed E-state index contributed by atoms with van der Waals surface area (Å²) in [5.74, 6) is 0.618. The molecule has 122 valence electrons. The van der Waals surface area contributed by atoms with Gasteiger partial charge in [-0.25, -0.2) is 4.98 Å².